The van der Waals surface area contributed by atoms with Gasteiger partial charge in [0.15, 0.2) is 0 Å². The van der Waals surface area contributed by atoms with Gasteiger partial charge in [-0.25, -0.2) is 0 Å². The number of rotatable bonds is 2. The fraction of sp³-hybridized carbons (Fsp3) is 0.0625. The van der Waals surface area contributed by atoms with Crippen molar-refractivity contribution in [2.24, 2.45) is 0 Å². The molecule has 1 N–H and O–H groups in total. The van der Waals surface area contributed by atoms with Crippen molar-refractivity contribution in [2.75, 3.05) is 0 Å². The maximum absolute atomic E-state index is 12.3. The van der Waals surface area contributed by atoms with Gasteiger partial charge in [-0.05, 0) is 42.0 Å². The number of benzene rings is 2. The van der Waals surface area contributed by atoms with E-state index in [4.69, 9.17) is 11.6 Å². The number of halogens is 4. The molecule has 0 saturated heterocycles. The summed E-state index contributed by atoms with van der Waals surface area (Å²) in [6.45, 7) is 0. The molecule has 0 aliphatic rings. The zero-order chi connectivity index (χ0) is 16.6. The zero-order valence-electron chi connectivity index (χ0n) is 11.4. The molecule has 1 heterocycles. The number of ether oxygens (including phenoxy) is 1. The molecular formula is C16H9ClF3NO2. The van der Waals surface area contributed by atoms with E-state index in [2.05, 4.69) is 9.72 Å². The second-order valence-corrected chi connectivity index (χ2v) is 5.14. The van der Waals surface area contributed by atoms with E-state index in [1.54, 1.807) is 24.3 Å². The summed E-state index contributed by atoms with van der Waals surface area (Å²) >= 11 is 6.10. The molecule has 0 aliphatic heterocycles. The lowest BCUT2D eigenvalue weighted by Gasteiger charge is -2.10. The number of fused-ring (bicyclic) bond motifs is 1. The van der Waals surface area contributed by atoms with Crippen molar-refractivity contribution in [1.82, 2.24) is 4.98 Å². The van der Waals surface area contributed by atoms with Crippen LogP contribution in [0.1, 0.15) is 0 Å². The van der Waals surface area contributed by atoms with Crippen LogP contribution in [-0.2, 0) is 0 Å². The summed E-state index contributed by atoms with van der Waals surface area (Å²) in [5.41, 5.74) is 1.07. The van der Waals surface area contributed by atoms with Crippen molar-refractivity contribution in [1.29, 1.82) is 0 Å². The average Bonchev–Trinajstić information content (AvgIpc) is 2.50. The molecule has 0 spiro atoms. The van der Waals surface area contributed by atoms with Crippen molar-refractivity contribution in [3.8, 4) is 17.0 Å². The Bertz CT molecular complexity index is 917. The summed E-state index contributed by atoms with van der Waals surface area (Å²) in [6, 6.07) is 12.0. The van der Waals surface area contributed by atoms with E-state index in [-0.39, 0.29) is 16.2 Å². The molecule has 0 radical (unpaired) electrons. The predicted octanol–water partition coefficient (Wildman–Crippen LogP) is 4.75. The first-order chi connectivity index (χ1) is 10.8. The van der Waals surface area contributed by atoms with Gasteiger partial charge in [0.1, 0.15) is 10.8 Å². The molecule has 0 aliphatic carbocycles. The fourth-order valence-electron chi connectivity index (χ4n) is 2.23. The van der Waals surface area contributed by atoms with Crippen molar-refractivity contribution in [3.63, 3.8) is 0 Å². The molecule has 1 aromatic heterocycles. The molecule has 3 aromatic rings. The minimum atomic E-state index is -4.75. The highest BCUT2D eigenvalue weighted by Gasteiger charge is 2.31. The number of aromatic nitrogens is 1. The quantitative estimate of drug-likeness (QED) is 0.732. The lowest BCUT2D eigenvalue weighted by Crippen LogP contribution is -2.17. The lowest BCUT2D eigenvalue weighted by atomic mass is 10.1. The molecule has 0 amide bonds. The van der Waals surface area contributed by atoms with Gasteiger partial charge in [-0.2, -0.15) is 0 Å². The third-order valence-electron chi connectivity index (χ3n) is 3.23. The Labute approximate surface area is 133 Å². The van der Waals surface area contributed by atoms with E-state index in [0.717, 1.165) is 12.1 Å². The molecule has 0 bridgehead atoms. The van der Waals surface area contributed by atoms with E-state index in [1.165, 1.54) is 12.1 Å². The standard InChI is InChI=1S/C16H9ClF3NO2/c17-13-14(21-12-4-2-1-3-11(12)15(13)22)9-5-7-10(8-6-9)23-16(18,19)20/h1-8H,(H,21,22). The number of pyridine rings is 1. The van der Waals surface area contributed by atoms with Crippen LogP contribution in [-0.4, -0.2) is 11.3 Å². The summed E-state index contributed by atoms with van der Waals surface area (Å²) in [5.74, 6) is -0.347. The average molecular weight is 340 g/mol. The molecule has 2 aromatic carbocycles. The topological polar surface area (TPSA) is 42.1 Å². The summed E-state index contributed by atoms with van der Waals surface area (Å²) in [4.78, 5) is 15.3. The summed E-state index contributed by atoms with van der Waals surface area (Å²) in [6.07, 6.45) is -4.75. The van der Waals surface area contributed by atoms with Crippen LogP contribution in [0, 0.1) is 0 Å². The monoisotopic (exact) mass is 339 g/mol. The highest BCUT2D eigenvalue weighted by molar-refractivity contribution is 6.33. The Hall–Kier alpha value is -2.47. The highest BCUT2D eigenvalue weighted by atomic mass is 35.5. The van der Waals surface area contributed by atoms with Crippen LogP contribution < -0.4 is 10.2 Å². The van der Waals surface area contributed by atoms with Crippen molar-refractivity contribution in [2.45, 2.75) is 6.36 Å². The van der Waals surface area contributed by atoms with E-state index < -0.39 is 6.36 Å². The Morgan fingerprint density at radius 1 is 1.00 bits per heavy atom. The van der Waals surface area contributed by atoms with Gasteiger partial charge < -0.3 is 9.72 Å². The predicted molar refractivity (Wildman–Crippen MR) is 81.7 cm³/mol. The van der Waals surface area contributed by atoms with E-state index in [0.29, 0.717) is 22.2 Å². The molecule has 0 saturated carbocycles. The Morgan fingerprint density at radius 2 is 1.65 bits per heavy atom. The summed E-state index contributed by atoms with van der Waals surface area (Å²) in [7, 11) is 0. The number of para-hydroxylation sites is 1. The maximum atomic E-state index is 12.3. The minimum Gasteiger partial charge on any atom is -0.406 e. The van der Waals surface area contributed by atoms with Crippen LogP contribution in [0.25, 0.3) is 22.2 Å². The van der Waals surface area contributed by atoms with Gasteiger partial charge in [0.2, 0.25) is 5.43 Å². The Morgan fingerprint density at radius 3 is 2.30 bits per heavy atom. The first-order valence-corrected chi connectivity index (χ1v) is 6.89. The molecule has 0 atom stereocenters. The largest absolute Gasteiger partial charge is 0.573 e. The van der Waals surface area contributed by atoms with Crippen LogP contribution in [0.15, 0.2) is 53.3 Å². The van der Waals surface area contributed by atoms with Crippen LogP contribution >= 0.6 is 11.6 Å². The number of hydrogen-bond donors (Lipinski definition) is 1. The smallest absolute Gasteiger partial charge is 0.406 e. The Balaban J connectivity index is 2.07. The molecule has 0 fully saturated rings. The van der Waals surface area contributed by atoms with Gasteiger partial charge in [-0.1, -0.05) is 23.7 Å². The Kier molecular flexibility index (Phi) is 3.77. The van der Waals surface area contributed by atoms with E-state index in [9.17, 15) is 18.0 Å². The van der Waals surface area contributed by atoms with E-state index >= 15 is 0 Å². The number of aromatic amines is 1. The number of H-pyrrole nitrogens is 1. The first-order valence-electron chi connectivity index (χ1n) is 6.52. The normalized spacial score (nSPS) is 11.7. The number of nitrogens with one attached hydrogen (secondary N) is 1. The second kappa shape index (κ2) is 5.62. The molecule has 3 nitrogen and oxygen atoms in total. The molecule has 0 unspecified atom stereocenters. The van der Waals surface area contributed by atoms with Crippen LogP contribution in [0.5, 0.6) is 5.75 Å². The van der Waals surface area contributed by atoms with Crippen LogP contribution in [0.2, 0.25) is 5.02 Å². The minimum absolute atomic E-state index is 0.0202. The molecule has 7 heteroatoms. The third-order valence-corrected chi connectivity index (χ3v) is 3.59. The summed E-state index contributed by atoms with van der Waals surface area (Å²) < 4.78 is 40.3. The van der Waals surface area contributed by atoms with Gasteiger partial charge >= 0.3 is 6.36 Å². The molecule has 118 valence electrons. The van der Waals surface area contributed by atoms with Crippen molar-refractivity contribution < 1.29 is 17.9 Å². The van der Waals surface area contributed by atoms with Gasteiger partial charge in [-0.3, -0.25) is 4.79 Å². The van der Waals surface area contributed by atoms with Gasteiger partial charge in [0, 0.05) is 10.9 Å². The number of hydrogen-bond acceptors (Lipinski definition) is 2. The zero-order valence-corrected chi connectivity index (χ0v) is 12.2. The second-order valence-electron chi connectivity index (χ2n) is 4.76. The SMILES string of the molecule is O=c1c(Cl)c(-c2ccc(OC(F)(F)F)cc2)[nH]c2ccccc12. The first kappa shape index (κ1) is 15.4. The highest BCUT2D eigenvalue weighted by Crippen LogP contribution is 2.29. The van der Waals surface area contributed by atoms with Crippen molar-refractivity contribution >= 4 is 22.5 Å². The van der Waals surface area contributed by atoms with Crippen LogP contribution in [0.3, 0.4) is 0 Å². The lowest BCUT2D eigenvalue weighted by molar-refractivity contribution is -0.274. The molecule has 3 rings (SSSR count). The van der Waals surface area contributed by atoms with Gasteiger partial charge in [0.05, 0.1) is 5.69 Å². The molecular weight excluding hydrogens is 331 g/mol. The van der Waals surface area contributed by atoms with Gasteiger partial charge in [0.25, 0.3) is 0 Å². The fourth-order valence-corrected chi connectivity index (χ4v) is 2.49. The number of alkyl halides is 3. The van der Waals surface area contributed by atoms with Crippen LogP contribution in [0.4, 0.5) is 13.2 Å². The summed E-state index contributed by atoms with van der Waals surface area (Å²) in [5, 5.41) is 0.423. The van der Waals surface area contributed by atoms with Gasteiger partial charge in [-0.15, -0.1) is 13.2 Å². The molecule has 23 heavy (non-hydrogen) atoms. The van der Waals surface area contributed by atoms with Crippen molar-refractivity contribution in [3.05, 3.63) is 63.8 Å². The van der Waals surface area contributed by atoms with E-state index in [1.807, 2.05) is 0 Å². The maximum Gasteiger partial charge on any atom is 0.573 e. The third kappa shape index (κ3) is 3.17.